The topological polar surface area (TPSA) is 83.8 Å². The van der Waals surface area contributed by atoms with Gasteiger partial charge in [0.15, 0.2) is 0 Å². The average molecular weight is 424 g/mol. The quantitative estimate of drug-likeness (QED) is 0.517. The molecule has 0 radical (unpaired) electrons. The number of H-pyrrole nitrogens is 1. The van der Waals surface area contributed by atoms with Gasteiger partial charge in [0.2, 0.25) is 5.95 Å². The Bertz CT molecular complexity index is 1360. The first-order chi connectivity index (χ1) is 14.5. The first kappa shape index (κ1) is 18.0. The van der Waals surface area contributed by atoms with Gasteiger partial charge in [0.05, 0.1) is 15.9 Å². The van der Waals surface area contributed by atoms with E-state index < -0.39 is 0 Å². The molecule has 1 aromatic carbocycles. The molecule has 0 aliphatic carbocycles. The number of aromatic nitrogens is 5. The summed E-state index contributed by atoms with van der Waals surface area (Å²) < 4.78 is 3.41. The molecule has 5 heterocycles. The van der Waals surface area contributed by atoms with Crippen molar-refractivity contribution in [3.05, 3.63) is 39.9 Å². The zero-order valence-corrected chi connectivity index (χ0v) is 17.6. The number of benzene rings is 1. The number of aromatic amines is 1. The van der Waals surface area contributed by atoms with Crippen molar-refractivity contribution < 1.29 is 0 Å². The van der Waals surface area contributed by atoms with E-state index in [1.807, 2.05) is 31.6 Å². The monoisotopic (exact) mass is 423 g/mol. The summed E-state index contributed by atoms with van der Waals surface area (Å²) in [6.07, 6.45) is 6.08. The Morgan fingerprint density at radius 3 is 2.67 bits per heavy atom. The Morgan fingerprint density at radius 2 is 1.90 bits per heavy atom. The van der Waals surface area contributed by atoms with Crippen LogP contribution in [0.1, 0.15) is 12.8 Å². The molecule has 2 bridgehead atoms. The van der Waals surface area contributed by atoms with Gasteiger partial charge in [0.25, 0.3) is 5.56 Å². The van der Waals surface area contributed by atoms with Gasteiger partial charge >= 0.3 is 0 Å². The van der Waals surface area contributed by atoms with E-state index in [0.717, 1.165) is 35.1 Å². The molecule has 2 fully saturated rings. The Balaban J connectivity index is 1.50. The van der Waals surface area contributed by atoms with Crippen LogP contribution in [-0.2, 0) is 14.1 Å². The molecule has 3 aromatic heterocycles. The minimum Gasteiger partial charge on any atom is -0.345 e. The largest absolute Gasteiger partial charge is 0.345 e. The molecule has 2 unspecified atom stereocenters. The maximum absolute atomic E-state index is 13.4. The summed E-state index contributed by atoms with van der Waals surface area (Å²) in [4.78, 5) is 23.7. The molecule has 0 saturated carbocycles. The Labute approximate surface area is 177 Å². The summed E-state index contributed by atoms with van der Waals surface area (Å²) >= 11 is 6.72. The number of aryl methyl sites for hydroxylation is 1. The van der Waals surface area contributed by atoms with E-state index in [9.17, 15) is 4.79 Å². The van der Waals surface area contributed by atoms with E-state index in [1.165, 1.54) is 12.8 Å². The summed E-state index contributed by atoms with van der Waals surface area (Å²) in [5, 5.41) is 10.0. The number of hydrogen-bond donors (Lipinski definition) is 2. The molecule has 2 aliphatic heterocycles. The average Bonchev–Trinajstić information content (AvgIpc) is 3.41. The van der Waals surface area contributed by atoms with Gasteiger partial charge in [-0.25, -0.2) is 0 Å². The normalized spacial score (nSPS) is 21.2. The van der Waals surface area contributed by atoms with Crippen molar-refractivity contribution in [2.24, 2.45) is 14.1 Å². The first-order valence-corrected chi connectivity index (χ1v) is 10.6. The second-order valence-corrected chi connectivity index (χ2v) is 8.79. The van der Waals surface area contributed by atoms with E-state index >= 15 is 0 Å². The first-order valence-electron chi connectivity index (χ1n) is 10.2. The molecule has 2 N–H and O–H groups in total. The molecule has 9 heteroatoms. The number of nitrogens with one attached hydrogen (secondary N) is 2. The predicted octanol–water partition coefficient (Wildman–Crippen LogP) is 2.41. The maximum atomic E-state index is 13.4. The van der Waals surface area contributed by atoms with Crippen molar-refractivity contribution in [3.63, 3.8) is 0 Å². The standard InChI is InChI=1S/C21H22ClN7O/c1-27-10-15-16(26-27)6-5-13(18(15)22)14-7-23-19-17(14)20(30)28(2)21(25-19)29-8-11-3-4-12(9-29)24-11/h5-7,10-12,23-24H,3-4,8-9H2,1-2H3. The van der Waals surface area contributed by atoms with Gasteiger partial charge in [-0.05, 0) is 18.9 Å². The number of halogens is 1. The lowest BCUT2D eigenvalue weighted by molar-refractivity contribution is 0.456. The van der Waals surface area contributed by atoms with Crippen molar-refractivity contribution in [2.45, 2.75) is 24.9 Å². The van der Waals surface area contributed by atoms with E-state index in [0.29, 0.717) is 34.1 Å². The number of nitrogens with zero attached hydrogens (tertiary/aromatic N) is 5. The Hall–Kier alpha value is -2.84. The zero-order valence-electron chi connectivity index (χ0n) is 16.8. The van der Waals surface area contributed by atoms with Crippen LogP contribution in [0.2, 0.25) is 5.02 Å². The smallest absolute Gasteiger partial charge is 0.264 e. The molecule has 30 heavy (non-hydrogen) atoms. The van der Waals surface area contributed by atoms with Gasteiger partial charge in [-0.15, -0.1) is 0 Å². The Kier molecular flexibility index (Phi) is 3.79. The molecule has 8 nitrogen and oxygen atoms in total. The number of rotatable bonds is 2. The van der Waals surface area contributed by atoms with Crippen LogP contribution in [0.3, 0.4) is 0 Å². The minimum atomic E-state index is -0.0699. The fourth-order valence-electron chi connectivity index (χ4n) is 4.99. The van der Waals surface area contributed by atoms with Crippen LogP contribution in [0.4, 0.5) is 5.95 Å². The zero-order chi connectivity index (χ0) is 20.6. The van der Waals surface area contributed by atoms with Crippen LogP contribution in [-0.4, -0.2) is 49.5 Å². The van der Waals surface area contributed by atoms with Crippen molar-refractivity contribution in [2.75, 3.05) is 18.0 Å². The fourth-order valence-corrected chi connectivity index (χ4v) is 5.30. The molecular weight excluding hydrogens is 402 g/mol. The van der Waals surface area contributed by atoms with Crippen LogP contribution >= 0.6 is 11.6 Å². The summed E-state index contributed by atoms with van der Waals surface area (Å²) in [5.41, 5.74) is 2.92. The van der Waals surface area contributed by atoms with E-state index in [-0.39, 0.29) is 5.56 Å². The molecule has 154 valence electrons. The molecule has 4 aromatic rings. The molecule has 2 saturated heterocycles. The van der Waals surface area contributed by atoms with Crippen molar-refractivity contribution in [1.29, 1.82) is 0 Å². The predicted molar refractivity (Wildman–Crippen MR) is 118 cm³/mol. The number of anilines is 1. The second kappa shape index (κ2) is 6.33. The molecule has 0 spiro atoms. The summed E-state index contributed by atoms with van der Waals surface area (Å²) in [5.74, 6) is 0.716. The fraction of sp³-hybridized carbons (Fsp3) is 0.381. The molecular formula is C21H22ClN7O. The van der Waals surface area contributed by atoms with Crippen molar-refractivity contribution >= 4 is 39.5 Å². The SMILES string of the molecule is Cn1cc2c(Cl)c(-c3c[nH]c4nc(N5CC6CCC(C5)N6)n(C)c(=O)c34)ccc2n1. The highest BCUT2D eigenvalue weighted by atomic mass is 35.5. The highest BCUT2D eigenvalue weighted by molar-refractivity contribution is 6.38. The van der Waals surface area contributed by atoms with Gasteiger partial charge in [0.1, 0.15) is 5.65 Å². The van der Waals surface area contributed by atoms with Crippen LogP contribution < -0.4 is 15.8 Å². The second-order valence-electron chi connectivity index (χ2n) is 8.41. The molecule has 2 atom stereocenters. The Morgan fingerprint density at radius 1 is 1.13 bits per heavy atom. The molecule has 2 aliphatic rings. The lowest BCUT2D eigenvalue weighted by Crippen LogP contribution is -2.52. The van der Waals surface area contributed by atoms with Gasteiger partial charge in [-0.2, -0.15) is 10.1 Å². The highest BCUT2D eigenvalue weighted by Gasteiger charge is 2.34. The van der Waals surface area contributed by atoms with Gasteiger partial charge < -0.3 is 15.2 Å². The lowest BCUT2D eigenvalue weighted by atomic mass is 10.0. The maximum Gasteiger partial charge on any atom is 0.264 e. The van der Waals surface area contributed by atoms with Gasteiger partial charge in [0, 0.05) is 68.2 Å². The number of hydrogen-bond acceptors (Lipinski definition) is 5. The lowest BCUT2D eigenvalue weighted by Gasteiger charge is -2.34. The van der Waals surface area contributed by atoms with Crippen LogP contribution in [0.25, 0.3) is 33.1 Å². The molecule has 6 rings (SSSR count). The van der Waals surface area contributed by atoms with Crippen molar-refractivity contribution in [1.82, 2.24) is 29.6 Å². The van der Waals surface area contributed by atoms with Crippen LogP contribution in [0, 0.1) is 0 Å². The van der Waals surface area contributed by atoms with Crippen LogP contribution in [0.15, 0.2) is 29.3 Å². The summed E-state index contributed by atoms with van der Waals surface area (Å²) in [7, 11) is 3.67. The number of piperazine rings is 1. The van der Waals surface area contributed by atoms with Crippen LogP contribution in [0.5, 0.6) is 0 Å². The highest BCUT2D eigenvalue weighted by Crippen LogP contribution is 2.36. The number of fused-ring (bicyclic) bond motifs is 4. The van der Waals surface area contributed by atoms with E-state index in [2.05, 4.69) is 20.3 Å². The van der Waals surface area contributed by atoms with Gasteiger partial charge in [-0.1, -0.05) is 17.7 Å². The van der Waals surface area contributed by atoms with E-state index in [4.69, 9.17) is 16.6 Å². The molecule has 0 amide bonds. The van der Waals surface area contributed by atoms with E-state index in [1.54, 1.807) is 16.3 Å². The van der Waals surface area contributed by atoms with Crippen molar-refractivity contribution in [3.8, 4) is 11.1 Å². The third kappa shape index (κ3) is 2.53. The third-order valence-electron chi connectivity index (χ3n) is 6.42. The third-order valence-corrected chi connectivity index (χ3v) is 6.82. The summed E-state index contributed by atoms with van der Waals surface area (Å²) in [6.45, 7) is 1.75. The summed E-state index contributed by atoms with van der Waals surface area (Å²) in [6, 6.07) is 4.79. The van der Waals surface area contributed by atoms with Gasteiger partial charge in [-0.3, -0.25) is 14.0 Å². The minimum absolute atomic E-state index is 0.0699.